The fourth-order valence-electron chi connectivity index (χ4n) is 3.91. The molecule has 1 aliphatic carbocycles. The molecule has 30 heavy (non-hydrogen) atoms. The van der Waals surface area contributed by atoms with Crippen molar-refractivity contribution in [3.63, 3.8) is 0 Å². The van der Waals surface area contributed by atoms with Crippen molar-refractivity contribution < 1.29 is 19.4 Å². The van der Waals surface area contributed by atoms with Crippen LogP contribution in [0.2, 0.25) is 0 Å². The number of fused-ring (bicyclic) bond motifs is 3. The van der Waals surface area contributed by atoms with Crippen molar-refractivity contribution in [3.8, 4) is 11.1 Å². The van der Waals surface area contributed by atoms with Crippen LogP contribution in [0.15, 0.2) is 71.2 Å². The molecule has 0 aliphatic heterocycles. The monoisotopic (exact) mass is 465 g/mol. The van der Waals surface area contributed by atoms with Crippen molar-refractivity contribution in [3.05, 3.63) is 93.5 Å². The predicted molar refractivity (Wildman–Crippen MR) is 117 cm³/mol. The van der Waals surface area contributed by atoms with Crippen LogP contribution in [0.3, 0.4) is 0 Å². The lowest BCUT2D eigenvalue weighted by atomic mass is 9.98. The van der Waals surface area contributed by atoms with Gasteiger partial charge in [-0.1, -0.05) is 82.2 Å². The first-order valence-corrected chi connectivity index (χ1v) is 10.4. The van der Waals surface area contributed by atoms with Gasteiger partial charge in [0.2, 0.25) is 0 Å². The molecular formula is C24H20BrNO4. The number of rotatable bonds is 5. The van der Waals surface area contributed by atoms with E-state index < -0.39 is 18.1 Å². The average molecular weight is 466 g/mol. The molecule has 5 nitrogen and oxygen atoms in total. The SMILES string of the molecule is Cc1ccc(Br)c(C(NC(=O)OCC2c3ccccc3-c3ccccc32)C(=O)O)c1. The maximum atomic E-state index is 12.5. The number of ether oxygens (including phenoxy) is 1. The normalized spacial score (nSPS) is 13.3. The molecule has 6 heteroatoms. The van der Waals surface area contributed by atoms with Gasteiger partial charge in [0.1, 0.15) is 6.61 Å². The Morgan fingerprint density at radius 1 is 1.03 bits per heavy atom. The molecule has 3 aromatic rings. The van der Waals surface area contributed by atoms with Gasteiger partial charge in [0.25, 0.3) is 0 Å². The summed E-state index contributed by atoms with van der Waals surface area (Å²) in [4.78, 5) is 24.3. The third-order valence-corrected chi connectivity index (χ3v) is 6.04. The molecular weight excluding hydrogens is 446 g/mol. The summed E-state index contributed by atoms with van der Waals surface area (Å²) in [5.41, 5.74) is 5.83. The summed E-state index contributed by atoms with van der Waals surface area (Å²) < 4.78 is 6.09. The number of alkyl carbamates (subject to hydrolysis) is 1. The highest BCUT2D eigenvalue weighted by atomic mass is 79.9. The molecule has 1 amide bonds. The van der Waals surface area contributed by atoms with Crippen molar-refractivity contribution in [2.75, 3.05) is 6.61 Å². The highest BCUT2D eigenvalue weighted by Gasteiger charge is 2.30. The predicted octanol–water partition coefficient (Wildman–Crippen LogP) is 5.42. The maximum absolute atomic E-state index is 12.5. The molecule has 0 aromatic heterocycles. The smallest absolute Gasteiger partial charge is 0.408 e. The van der Waals surface area contributed by atoms with Gasteiger partial charge in [-0.3, -0.25) is 0 Å². The molecule has 2 N–H and O–H groups in total. The van der Waals surface area contributed by atoms with Gasteiger partial charge in [0, 0.05) is 16.0 Å². The van der Waals surface area contributed by atoms with E-state index in [4.69, 9.17) is 4.74 Å². The van der Waals surface area contributed by atoms with Gasteiger partial charge >= 0.3 is 12.1 Å². The Labute approximate surface area is 182 Å². The lowest BCUT2D eigenvalue weighted by Crippen LogP contribution is -2.35. The number of carboxylic acid groups (broad SMARTS) is 1. The zero-order valence-electron chi connectivity index (χ0n) is 16.3. The second kappa shape index (κ2) is 8.32. The molecule has 0 spiro atoms. The summed E-state index contributed by atoms with van der Waals surface area (Å²) >= 11 is 3.36. The summed E-state index contributed by atoms with van der Waals surface area (Å²) in [6.07, 6.45) is -0.766. The lowest BCUT2D eigenvalue weighted by molar-refractivity contribution is -0.139. The Morgan fingerprint density at radius 3 is 2.23 bits per heavy atom. The molecule has 1 aliphatic rings. The van der Waals surface area contributed by atoms with Gasteiger partial charge in [-0.05, 0) is 35.2 Å². The van der Waals surface area contributed by atoms with Crippen molar-refractivity contribution >= 4 is 28.0 Å². The average Bonchev–Trinajstić information content (AvgIpc) is 3.06. The minimum atomic E-state index is -1.21. The van der Waals surface area contributed by atoms with Crippen LogP contribution >= 0.6 is 15.9 Å². The zero-order chi connectivity index (χ0) is 21.3. The second-order valence-electron chi connectivity index (χ2n) is 7.27. The molecule has 4 rings (SSSR count). The van der Waals surface area contributed by atoms with E-state index in [1.807, 2.05) is 49.4 Å². The van der Waals surface area contributed by atoms with Crippen molar-refractivity contribution in [2.45, 2.75) is 18.9 Å². The third-order valence-electron chi connectivity index (χ3n) is 5.32. The minimum Gasteiger partial charge on any atom is -0.479 e. The number of carbonyl (C=O) groups excluding carboxylic acids is 1. The number of carboxylic acids is 1. The Hall–Kier alpha value is -3.12. The second-order valence-corrected chi connectivity index (χ2v) is 8.12. The van der Waals surface area contributed by atoms with E-state index in [0.29, 0.717) is 10.0 Å². The topological polar surface area (TPSA) is 75.6 Å². The van der Waals surface area contributed by atoms with Gasteiger partial charge < -0.3 is 15.2 Å². The van der Waals surface area contributed by atoms with E-state index >= 15 is 0 Å². The molecule has 0 saturated carbocycles. The Kier molecular flexibility index (Phi) is 5.59. The van der Waals surface area contributed by atoms with E-state index in [1.54, 1.807) is 12.1 Å². The van der Waals surface area contributed by atoms with Crippen LogP contribution < -0.4 is 5.32 Å². The fourth-order valence-corrected chi connectivity index (χ4v) is 4.39. The summed E-state index contributed by atoms with van der Waals surface area (Å²) in [6.45, 7) is 1.99. The van der Waals surface area contributed by atoms with Crippen LogP contribution in [-0.2, 0) is 9.53 Å². The number of carbonyl (C=O) groups is 2. The van der Waals surface area contributed by atoms with Crippen molar-refractivity contribution in [1.82, 2.24) is 5.32 Å². The molecule has 0 bridgehead atoms. The largest absolute Gasteiger partial charge is 0.479 e. The lowest BCUT2D eigenvalue weighted by Gasteiger charge is -2.19. The van der Waals surface area contributed by atoms with Crippen LogP contribution in [0, 0.1) is 6.92 Å². The first kappa shape index (κ1) is 20.2. The van der Waals surface area contributed by atoms with Crippen LogP contribution in [0.25, 0.3) is 11.1 Å². The number of amides is 1. The summed E-state index contributed by atoms with van der Waals surface area (Å²) in [6, 6.07) is 20.2. The van der Waals surface area contributed by atoms with Gasteiger partial charge in [0.05, 0.1) is 0 Å². The number of aryl methyl sites for hydroxylation is 1. The fraction of sp³-hybridized carbons (Fsp3) is 0.167. The standard InChI is InChI=1S/C24H20BrNO4/c1-14-10-11-21(25)19(12-14)22(23(27)28)26-24(29)30-13-20-17-8-4-2-6-15(17)16-7-3-5-9-18(16)20/h2-12,20,22H,13H2,1H3,(H,26,29)(H,27,28). The van der Waals surface area contributed by atoms with Crippen LogP contribution in [0.1, 0.15) is 34.2 Å². The van der Waals surface area contributed by atoms with Crippen molar-refractivity contribution in [2.24, 2.45) is 0 Å². The highest BCUT2D eigenvalue weighted by molar-refractivity contribution is 9.10. The Bertz CT molecular complexity index is 1080. The van der Waals surface area contributed by atoms with Crippen LogP contribution in [0.4, 0.5) is 4.79 Å². The number of hydrogen-bond donors (Lipinski definition) is 2. The highest BCUT2D eigenvalue weighted by Crippen LogP contribution is 2.44. The number of hydrogen-bond acceptors (Lipinski definition) is 3. The van der Waals surface area contributed by atoms with E-state index in [0.717, 1.165) is 27.8 Å². The first-order valence-electron chi connectivity index (χ1n) is 9.56. The molecule has 0 heterocycles. The number of nitrogens with one attached hydrogen (secondary N) is 1. The zero-order valence-corrected chi connectivity index (χ0v) is 17.8. The molecule has 3 aromatic carbocycles. The van der Waals surface area contributed by atoms with E-state index in [1.165, 1.54) is 0 Å². The number of aliphatic carboxylic acids is 1. The third kappa shape index (κ3) is 3.83. The maximum Gasteiger partial charge on any atom is 0.408 e. The Balaban J connectivity index is 1.51. The van der Waals surface area contributed by atoms with E-state index in [2.05, 4.69) is 33.4 Å². The Morgan fingerprint density at radius 2 is 1.63 bits per heavy atom. The minimum absolute atomic E-state index is 0.0860. The van der Waals surface area contributed by atoms with Crippen LogP contribution in [-0.4, -0.2) is 23.8 Å². The molecule has 0 saturated heterocycles. The molecule has 1 atom stereocenters. The van der Waals surface area contributed by atoms with Gasteiger partial charge in [-0.2, -0.15) is 0 Å². The molecule has 0 fully saturated rings. The summed E-state index contributed by atoms with van der Waals surface area (Å²) in [5.74, 6) is -1.24. The van der Waals surface area contributed by atoms with Crippen LogP contribution in [0.5, 0.6) is 0 Å². The number of halogens is 1. The molecule has 1 unspecified atom stereocenters. The van der Waals surface area contributed by atoms with E-state index in [-0.39, 0.29) is 12.5 Å². The van der Waals surface area contributed by atoms with Crippen molar-refractivity contribution in [1.29, 1.82) is 0 Å². The molecule has 152 valence electrons. The summed E-state index contributed by atoms with van der Waals surface area (Å²) in [7, 11) is 0. The molecule has 0 radical (unpaired) electrons. The van der Waals surface area contributed by atoms with Gasteiger partial charge in [-0.25, -0.2) is 9.59 Å². The number of benzene rings is 3. The van der Waals surface area contributed by atoms with Gasteiger partial charge in [0.15, 0.2) is 6.04 Å². The summed E-state index contributed by atoms with van der Waals surface area (Å²) in [5, 5.41) is 12.1. The quantitative estimate of drug-likeness (QED) is 0.527. The van der Waals surface area contributed by atoms with E-state index in [9.17, 15) is 14.7 Å². The van der Waals surface area contributed by atoms with Gasteiger partial charge in [-0.15, -0.1) is 0 Å². The first-order chi connectivity index (χ1) is 14.5.